The zero-order valence-electron chi connectivity index (χ0n) is 5.09. The van der Waals surface area contributed by atoms with E-state index in [-0.39, 0.29) is 0 Å². The molecule has 40 valence electrons. The summed E-state index contributed by atoms with van der Waals surface area (Å²) in [6.45, 7) is 0. The van der Waals surface area contributed by atoms with Gasteiger partial charge >= 0.3 is 59.5 Å². The third-order valence-electron chi connectivity index (χ3n) is 1.25. The van der Waals surface area contributed by atoms with Crippen LogP contribution in [0.25, 0.3) is 0 Å². The van der Waals surface area contributed by atoms with E-state index in [1.54, 1.807) is 0 Å². The van der Waals surface area contributed by atoms with E-state index in [0.29, 0.717) is 0 Å². The topological polar surface area (TPSA) is 0 Å². The molecular formula is C7H9Ga. The Hall–Kier alpha value is -0.144. The van der Waals surface area contributed by atoms with E-state index in [9.17, 15) is 0 Å². The fourth-order valence-corrected chi connectivity index (χ4v) is 1.70. The van der Waals surface area contributed by atoms with Crippen molar-refractivity contribution in [2.45, 2.75) is 4.98 Å². The summed E-state index contributed by atoms with van der Waals surface area (Å²) in [5, 5.41) is 0. The maximum atomic E-state index is 2.19. The van der Waals surface area contributed by atoms with Crippen molar-refractivity contribution in [1.29, 1.82) is 0 Å². The van der Waals surface area contributed by atoms with Crippen molar-refractivity contribution in [3.63, 3.8) is 0 Å². The Morgan fingerprint density at radius 1 is 1.12 bits per heavy atom. The molecule has 0 atom stereocenters. The zero-order chi connectivity index (χ0) is 5.82. The zero-order valence-corrected chi connectivity index (χ0v) is 9.29. The van der Waals surface area contributed by atoms with E-state index in [0.717, 1.165) is 18.6 Å². The van der Waals surface area contributed by atoms with E-state index in [1.807, 2.05) is 0 Å². The second-order valence-corrected chi connectivity index (χ2v) is 3.32. The van der Waals surface area contributed by atoms with Crippen LogP contribution >= 0.6 is 0 Å². The monoisotopic (exact) mass is 162 g/mol. The molecule has 0 saturated heterocycles. The number of benzene rings is 1. The molecule has 0 heterocycles. The van der Waals surface area contributed by atoms with E-state index in [2.05, 4.69) is 30.3 Å². The minimum absolute atomic E-state index is 0.967. The number of hydrogen-bond donors (Lipinski definition) is 0. The molecule has 1 aromatic rings. The fourth-order valence-electron chi connectivity index (χ4n) is 0.714. The molecule has 1 aromatic carbocycles. The van der Waals surface area contributed by atoms with Gasteiger partial charge in [-0.15, -0.1) is 0 Å². The Balaban J connectivity index is 2.83. The van der Waals surface area contributed by atoms with E-state index in [1.165, 1.54) is 10.5 Å². The molecule has 1 heteroatoms. The Morgan fingerprint density at radius 3 is 2.12 bits per heavy atom. The third kappa shape index (κ3) is 1.42. The van der Waals surface area contributed by atoms with Crippen molar-refractivity contribution in [3.8, 4) is 0 Å². The molecule has 0 radical (unpaired) electrons. The Morgan fingerprint density at radius 2 is 1.75 bits per heavy atom. The van der Waals surface area contributed by atoms with Gasteiger partial charge in [0.25, 0.3) is 0 Å². The predicted molar refractivity (Wildman–Crippen MR) is 38.7 cm³/mol. The normalized spacial score (nSPS) is 9.00. The van der Waals surface area contributed by atoms with Gasteiger partial charge in [0.15, 0.2) is 0 Å². The first kappa shape index (κ1) is 5.98. The first-order valence-corrected chi connectivity index (χ1v) is 5.94. The standard InChI is InChI=1S/C7H7.Ga.2H/c1-7-5-3-2-4-6-7;;;/h2-6H,1H2;;;. The summed E-state index contributed by atoms with van der Waals surface area (Å²) in [5.74, 6) is 0. The maximum absolute atomic E-state index is 2.19. The number of rotatable bonds is 1. The van der Waals surface area contributed by atoms with Crippen molar-refractivity contribution in [2.24, 2.45) is 0 Å². The van der Waals surface area contributed by atoms with Crippen molar-refractivity contribution < 1.29 is 0 Å². The van der Waals surface area contributed by atoms with E-state index in [4.69, 9.17) is 0 Å². The van der Waals surface area contributed by atoms with Gasteiger partial charge in [-0.25, -0.2) is 0 Å². The Bertz CT molecular complexity index is 146. The van der Waals surface area contributed by atoms with Gasteiger partial charge in [-0.3, -0.25) is 0 Å². The summed E-state index contributed by atoms with van der Waals surface area (Å²) in [4.78, 5) is 1.33. The number of hydrogen-bond acceptors (Lipinski definition) is 0. The van der Waals surface area contributed by atoms with Crippen LogP contribution in [0.3, 0.4) is 0 Å². The van der Waals surface area contributed by atoms with Crippen molar-refractivity contribution >= 4 is 18.6 Å². The molecule has 0 amide bonds. The van der Waals surface area contributed by atoms with Gasteiger partial charge in [0.05, 0.1) is 0 Å². The van der Waals surface area contributed by atoms with Crippen LogP contribution in [0.2, 0.25) is 0 Å². The fraction of sp³-hybridized carbons (Fsp3) is 0.143. The SMILES string of the molecule is [GaH2][CH2]c1ccccc1. The van der Waals surface area contributed by atoms with Gasteiger partial charge in [0, 0.05) is 0 Å². The quantitative estimate of drug-likeness (QED) is 0.537. The van der Waals surface area contributed by atoms with Gasteiger partial charge in [0.1, 0.15) is 0 Å². The van der Waals surface area contributed by atoms with Crippen LogP contribution in [0.15, 0.2) is 30.3 Å². The summed E-state index contributed by atoms with van der Waals surface area (Å²) in [7, 11) is 0. The molecular weight excluding hydrogens is 154 g/mol. The predicted octanol–water partition coefficient (Wildman–Crippen LogP) is 0.820. The molecule has 0 aliphatic rings. The van der Waals surface area contributed by atoms with Crippen LogP contribution in [0.1, 0.15) is 5.56 Å². The molecule has 0 spiro atoms. The van der Waals surface area contributed by atoms with Crippen LogP contribution in [-0.4, -0.2) is 18.6 Å². The molecule has 8 heavy (non-hydrogen) atoms. The van der Waals surface area contributed by atoms with Crippen molar-refractivity contribution in [2.75, 3.05) is 0 Å². The summed E-state index contributed by atoms with van der Waals surface area (Å²) in [6.07, 6.45) is 0. The third-order valence-corrected chi connectivity index (χ3v) is 2.96. The Kier molecular flexibility index (Phi) is 2.24. The molecule has 0 nitrogen and oxygen atoms in total. The van der Waals surface area contributed by atoms with Gasteiger partial charge in [-0.1, -0.05) is 0 Å². The summed E-state index contributed by atoms with van der Waals surface area (Å²) in [6, 6.07) is 10.6. The van der Waals surface area contributed by atoms with Gasteiger partial charge < -0.3 is 0 Å². The van der Waals surface area contributed by atoms with Crippen LogP contribution in [-0.2, 0) is 4.98 Å². The Labute approximate surface area is 59.8 Å². The van der Waals surface area contributed by atoms with E-state index < -0.39 is 0 Å². The second kappa shape index (κ2) is 3.00. The second-order valence-electron chi connectivity index (χ2n) is 1.84. The van der Waals surface area contributed by atoms with Crippen molar-refractivity contribution in [3.05, 3.63) is 35.9 Å². The molecule has 0 fully saturated rings. The van der Waals surface area contributed by atoms with Crippen LogP contribution < -0.4 is 0 Å². The molecule has 0 aromatic heterocycles. The van der Waals surface area contributed by atoms with Crippen molar-refractivity contribution in [1.82, 2.24) is 0 Å². The van der Waals surface area contributed by atoms with Gasteiger partial charge in [-0.2, -0.15) is 0 Å². The molecule has 1 rings (SSSR count). The van der Waals surface area contributed by atoms with Gasteiger partial charge in [0.2, 0.25) is 0 Å². The summed E-state index contributed by atoms with van der Waals surface area (Å²) in [5.41, 5.74) is 1.49. The first-order chi connectivity index (χ1) is 3.93. The molecule has 0 unspecified atom stereocenters. The first-order valence-electron chi connectivity index (χ1n) is 2.97. The summed E-state index contributed by atoms with van der Waals surface area (Å²) >= 11 is 0.967. The molecule has 0 N–H and O–H groups in total. The molecule has 0 bridgehead atoms. The minimum atomic E-state index is 0.967. The average molecular weight is 163 g/mol. The van der Waals surface area contributed by atoms with Crippen LogP contribution in [0, 0.1) is 0 Å². The summed E-state index contributed by atoms with van der Waals surface area (Å²) < 4.78 is 0. The van der Waals surface area contributed by atoms with Gasteiger partial charge in [-0.05, 0) is 0 Å². The molecule has 0 aliphatic carbocycles. The molecule has 0 aliphatic heterocycles. The molecule has 0 saturated carbocycles. The van der Waals surface area contributed by atoms with Crippen LogP contribution in [0.4, 0.5) is 0 Å². The average Bonchev–Trinajstić information content (AvgIpc) is 1.90. The van der Waals surface area contributed by atoms with Crippen LogP contribution in [0.5, 0.6) is 0 Å². The van der Waals surface area contributed by atoms with E-state index >= 15 is 0 Å².